The van der Waals surface area contributed by atoms with Gasteiger partial charge in [0.15, 0.2) is 0 Å². The summed E-state index contributed by atoms with van der Waals surface area (Å²) in [7, 11) is 0. The van der Waals surface area contributed by atoms with Crippen LogP contribution in [0.1, 0.15) is 12.5 Å². The van der Waals surface area contributed by atoms with Crippen molar-refractivity contribution in [3.63, 3.8) is 0 Å². The van der Waals surface area contributed by atoms with Gasteiger partial charge < -0.3 is 10.4 Å². The zero-order valence-electron chi connectivity index (χ0n) is 9.28. The Kier molecular flexibility index (Phi) is 5.12. The molecule has 3 nitrogen and oxygen atoms in total. The molecule has 0 saturated carbocycles. The van der Waals surface area contributed by atoms with Gasteiger partial charge in [-0.05, 0) is 30.7 Å². The average Bonchev–Trinajstić information content (AvgIpc) is 2.30. The molecule has 2 N–H and O–H groups in total. The molecule has 92 valence electrons. The van der Waals surface area contributed by atoms with Crippen molar-refractivity contribution in [2.75, 3.05) is 6.61 Å². The molecule has 1 atom stereocenters. The summed E-state index contributed by atoms with van der Waals surface area (Å²) in [6, 6.07) is 3.87. The van der Waals surface area contributed by atoms with E-state index in [9.17, 15) is 9.18 Å². The van der Waals surface area contributed by atoms with Crippen molar-refractivity contribution in [2.24, 2.45) is 0 Å². The molecule has 0 aliphatic carbocycles. The highest BCUT2D eigenvalue weighted by Gasteiger charge is 2.02. The molecule has 1 amide bonds. The fourth-order valence-corrected chi connectivity index (χ4v) is 1.31. The lowest BCUT2D eigenvalue weighted by molar-refractivity contribution is -0.117. The smallest absolute Gasteiger partial charge is 0.244 e. The molecule has 1 aromatic carbocycles. The Morgan fingerprint density at radius 1 is 1.65 bits per heavy atom. The normalized spacial score (nSPS) is 12.7. The van der Waals surface area contributed by atoms with Crippen molar-refractivity contribution in [2.45, 2.75) is 13.0 Å². The van der Waals surface area contributed by atoms with Crippen LogP contribution in [-0.4, -0.2) is 23.7 Å². The number of hydrogen-bond acceptors (Lipinski definition) is 2. The quantitative estimate of drug-likeness (QED) is 0.811. The second kappa shape index (κ2) is 6.37. The standard InChI is InChI=1S/C12H13ClFNO2/c1-8(7-16)15-12(17)5-3-9-2-4-11(14)10(13)6-9/h2-6,8,16H,7H2,1H3,(H,15,17)/t8-/m0/s1. The average molecular weight is 258 g/mol. The third-order valence-corrected chi connectivity index (χ3v) is 2.32. The number of aliphatic hydroxyl groups is 1. The molecule has 17 heavy (non-hydrogen) atoms. The van der Waals surface area contributed by atoms with Crippen LogP contribution in [0, 0.1) is 5.82 Å². The Morgan fingerprint density at radius 2 is 2.35 bits per heavy atom. The van der Waals surface area contributed by atoms with Gasteiger partial charge in [0.05, 0.1) is 11.6 Å². The minimum absolute atomic E-state index is 0.0104. The maximum absolute atomic E-state index is 12.9. The summed E-state index contributed by atoms with van der Waals surface area (Å²) in [4.78, 5) is 11.3. The minimum atomic E-state index is -0.498. The second-order valence-electron chi connectivity index (χ2n) is 3.60. The minimum Gasteiger partial charge on any atom is -0.394 e. The molecule has 0 aromatic heterocycles. The topological polar surface area (TPSA) is 49.3 Å². The zero-order valence-corrected chi connectivity index (χ0v) is 10.0. The van der Waals surface area contributed by atoms with Crippen molar-refractivity contribution in [1.82, 2.24) is 5.32 Å². The summed E-state index contributed by atoms with van der Waals surface area (Å²) in [5.74, 6) is -0.825. The maximum Gasteiger partial charge on any atom is 0.244 e. The third kappa shape index (κ3) is 4.54. The van der Waals surface area contributed by atoms with Crippen LogP contribution < -0.4 is 5.32 Å². The lowest BCUT2D eigenvalue weighted by Crippen LogP contribution is -2.33. The summed E-state index contributed by atoms with van der Waals surface area (Å²) in [5, 5.41) is 11.3. The molecule has 1 aromatic rings. The number of carbonyl (C=O) groups excluding carboxylic acids is 1. The fourth-order valence-electron chi connectivity index (χ4n) is 1.12. The molecule has 0 saturated heterocycles. The summed E-state index contributed by atoms with van der Waals surface area (Å²) in [6.45, 7) is 1.56. The van der Waals surface area contributed by atoms with E-state index in [4.69, 9.17) is 16.7 Å². The molecule has 0 aliphatic rings. The van der Waals surface area contributed by atoms with Crippen LogP contribution in [0.5, 0.6) is 0 Å². The predicted molar refractivity (Wildman–Crippen MR) is 65.1 cm³/mol. The van der Waals surface area contributed by atoms with Gasteiger partial charge in [-0.15, -0.1) is 0 Å². The van der Waals surface area contributed by atoms with E-state index < -0.39 is 5.82 Å². The molecular formula is C12H13ClFNO2. The van der Waals surface area contributed by atoms with Gasteiger partial charge in [-0.3, -0.25) is 4.79 Å². The van der Waals surface area contributed by atoms with Crippen LogP contribution in [0.4, 0.5) is 4.39 Å². The van der Waals surface area contributed by atoms with Crippen molar-refractivity contribution >= 4 is 23.6 Å². The van der Waals surface area contributed by atoms with E-state index in [1.54, 1.807) is 6.92 Å². The Bertz CT molecular complexity index is 435. The first kappa shape index (κ1) is 13.7. The van der Waals surface area contributed by atoms with Gasteiger partial charge >= 0.3 is 0 Å². The van der Waals surface area contributed by atoms with E-state index in [0.29, 0.717) is 5.56 Å². The molecule has 0 spiro atoms. The molecule has 0 unspecified atom stereocenters. The number of nitrogens with one attached hydrogen (secondary N) is 1. The number of halogens is 2. The number of hydrogen-bond donors (Lipinski definition) is 2. The molecule has 1 rings (SSSR count). The number of carbonyl (C=O) groups is 1. The molecule has 0 aliphatic heterocycles. The van der Waals surface area contributed by atoms with Crippen LogP contribution in [-0.2, 0) is 4.79 Å². The number of benzene rings is 1. The van der Waals surface area contributed by atoms with E-state index in [2.05, 4.69) is 5.32 Å². The van der Waals surface area contributed by atoms with E-state index in [0.717, 1.165) is 0 Å². The van der Waals surface area contributed by atoms with Crippen molar-refractivity contribution in [3.8, 4) is 0 Å². The first-order valence-corrected chi connectivity index (χ1v) is 5.45. The van der Waals surface area contributed by atoms with Gasteiger partial charge in [0.1, 0.15) is 5.82 Å². The largest absolute Gasteiger partial charge is 0.394 e. The molecule has 0 heterocycles. The number of amides is 1. The summed E-state index contributed by atoms with van der Waals surface area (Å²) >= 11 is 5.59. The van der Waals surface area contributed by atoms with Gasteiger partial charge in [-0.2, -0.15) is 0 Å². The van der Waals surface area contributed by atoms with Gasteiger partial charge in [0, 0.05) is 12.1 Å². The van der Waals surface area contributed by atoms with Crippen molar-refractivity contribution < 1.29 is 14.3 Å². The summed E-state index contributed by atoms with van der Waals surface area (Å²) in [5.41, 5.74) is 0.628. The van der Waals surface area contributed by atoms with Crippen LogP contribution in [0.25, 0.3) is 6.08 Å². The lowest BCUT2D eigenvalue weighted by atomic mass is 10.2. The summed E-state index contributed by atoms with van der Waals surface area (Å²) < 4.78 is 12.9. The highest BCUT2D eigenvalue weighted by atomic mass is 35.5. The van der Waals surface area contributed by atoms with Gasteiger partial charge in [0.25, 0.3) is 0 Å². The molecule has 0 bridgehead atoms. The SMILES string of the molecule is C[C@@H](CO)NC(=O)C=Cc1ccc(F)c(Cl)c1. The second-order valence-corrected chi connectivity index (χ2v) is 4.01. The highest BCUT2D eigenvalue weighted by molar-refractivity contribution is 6.30. The Morgan fingerprint density at radius 3 is 2.94 bits per heavy atom. The lowest BCUT2D eigenvalue weighted by Gasteiger charge is -2.07. The zero-order chi connectivity index (χ0) is 12.8. The van der Waals surface area contributed by atoms with E-state index >= 15 is 0 Å². The Labute approximate surface area is 104 Å². The van der Waals surface area contributed by atoms with Crippen molar-refractivity contribution in [1.29, 1.82) is 0 Å². The number of aliphatic hydroxyl groups excluding tert-OH is 1. The van der Waals surface area contributed by atoms with Crippen LogP contribution in [0.3, 0.4) is 0 Å². The molecule has 0 radical (unpaired) electrons. The van der Waals surface area contributed by atoms with Crippen molar-refractivity contribution in [3.05, 3.63) is 40.7 Å². The van der Waals surface area contributed by atoms with Gasteiger partial charge in [-0.25, -0.2) is 4.39 Å². The van der Waals surface area contributed by atoms with Crippen LogP contribution >= 0.6 is 11.6 Å². The Hall–Kier alpha value is -1.39. The number of rotatable bonds is 4. The Balaban J connectivity index is 2.64. The van der Waals surface area contributed by atoms with Crippen LogP contribution in [0.2, 0.25) is 5.02 Å². The molecule has 0 fully saturated rings. The van der Waals surface area contributed by atoms with Gasteiger partial charge in [0.2, 0.25) is 5.91 Å². The highest BCUT2D eigenvalue weighted by Crippen LogP contribution is 2.16. The fraction of sp³-hybridized carbons (Fsp3) is 0.250. The monoisotopic (exact) mass is 257 g/mol. The predicted octanol–water partition coefficient (Wildman–Crippen LogP) is 1.99. The van der Waals surface area contributed by atoms with E-state index in [1.807, 2.05) is 0 Å². The molecular weight excluding hydrogens is 245 g/mol. The van der Waals surface area contributed by atoms with Gasteiger partial charge in [-0.1, -0.05) is 17.7 Å². The first-order valence-electron chi connectivity index (χ1n) is 5.07. The maximum atomic E-state index is 12.9. The molecule has 5 heteroatoms. The van der Waals surface area contributed by atoms with E-state index in [1.165, 1.54) is 30.4 Å². The summed E-state index contributed by atoms with van der Waals surface area (Å²) in [6.07, 6.45) is 2.82. The third-order valence-electron chi connectivity index (χ3n) is 2.03. The van der Waals surface area contributed by atoms with E-state index in [-0.39, 0.29) is 23.6 Å². The van der Waals surface area contributed by atoms with Crippen LogP contribution in [0.15, 0.2) is 24.3 Å². The first-order chi connectivity index (χ1) is 8.02.